The average molecular weight is 369 g/mol. The van der Waals surface area contributed by atoms with Crippen molar-refractivity contribution in [2.45, 2.75) is 0 Å². The second kappa shape index (κ2) is 7.16. The number of nitro benzene ring substituents is 1. The summed E-state index contributed by atoms with van der Waals surface area (Å²) in [5.74, 6) is 0.295. The number of hydrogen-bond acceptors (Lipinski definition) is 7. The van der Waals surface area contributed by atoms with Crippen LogP contribution in [0.4, 0.5) is 11.4 Å². The Morgan fingerprint density at radius 1 is 1.15 bits per heavy atom. The van der Waals surface area contributed by atoms with Crippen molar-refractivity contribution in [3.8, 4) is 11.5 Å². The van der Waals surface area contributed by atoms with Crippen LogP contribution in [0.5, 0.6) is 11.5 Å². The molecule has 0 spiro atoms. The predicted molar refractivity (Wildman–Crippen MR) is 96.2 cm³/mol. The Morgan fingerprint density at radius 2 is 1.93 bits per heavy atom. The Balaban J connectivity index is 2.01. The quantitative estimate of drug-likeness (QED) is 0.525. The second-order valence-corrected chi connectivity index (χ2v) is 5.49. The Kier molecular flexibility index (Phi) is 4.75. The molecule has 0 radical (unpaired) electrons. The van der Waals surface area contributed by atoms with Gasteiger partial charge >= 0.3 is 0 Å². The molecule has 1 amide bonds. The van der Waals surface area contributed by atoms with Crippen LogP contribution in [-0.4, -0.2) is 25.1 Å². The van der Waals surface area contributed by atoms with E-state index in [1.807, 2.05) is 0 Å². The number of nitrogens with one attached hydrogen (secondary N) is 2. The van der Waals surface area contributed by atoms with E-state index in [-0.39, 0.29) is 22.4 Å². The lowest BCUT2D eigenvalue weighted by molar-refractivity contribution is -0.384. The van der Waals surface area contributed by atoms with E-state index in [0.29, 0.717) is 22.6 Å². The Bertz CT molecular complexity index is 1110. The first-order valence-corrected chi connectivity index (χ1v) is 7.73. The SMILES string of the molecule is COc1ccc(OC)c(NC(=O)c2cc3cc([N+](=O)[O-])ccc3oc2=N)c1. The predicted octanol–water partition coefficient (Wildman–Crippen LogP) is 3.09. The first-order valence-electron chi connectivity index (χ1n) is 7.73. The Morgan fingerprint density at radius 3 is 2.59 bits per heavy atom. The van der Waals surface area contributed by atoms with Crippen LogP contribution in [0.25, 0.3) is 11.0 Å². The van der Waals surface area contributed by atoms with Crippen molar-refractivity contribution in [3.63, 3.8) is 0 Å². The zero-order valence-electron chi connectivity index (χ0n) is 14.4. The zero-order chi connectivity index (χ0) is 19.6. The molecule has 27 heavy (non-hydrogen) atoms. The van der Waals surface area contributed by atoms with Gasteiger partial charge in [0.15, 0.2) is 0 Å². The summed E-state index contributed by atoms with van der Waals surface area (Å²) in [5.41, 5.74) is 0.0290. The molecule has 0 unspecified atom stereocenters. The molecule has 9 nitrogen and oxygen atoms in total. The van der Waals surface area contributed by atoms with Crippen LogP contribution >= 0.6 is 0 Å². The summed E-state index contributed by atoms with van der Waals surface area (Å²) in [6.45, 7) is 0. The lowest BCUT2D eigenvalue weighted by atomic mass is 10.1. The van der Waals surface area contributed by atoms with Gasteiger partial charge in [0.05, 0.1) is 24.8 Å². The number of nitro groups is 1. The number of ether oxygens (including phenoxy) is 2. The molecule has 9 heteroatoms. The van der Waals surface area contributed by atoms with E-state index < -0.39 is 10.8 Å². The average Bonchev–Trinajstić information content (AvgIpc) is 2.66. The van der Waals surface area contributed by atoms with Gasteiger partial charge in [-0.25, -0.2) is 0 Å². The number of methoxy groups -OCH3 is 2. The number of rotatable bonds is 5. The van der Waals surface area contributed by atoms with Crippen molar-refractivity contribution >= 4 is 28.3 Å². The van der Waals surface area contributed by atoms with Crippen molar-refractivity contribution < 1.29 is 23.6 Å². The molecule has 2 aromatic carbocycles. The van der Waals surface area contributed by atoms with Gasteiger partial charge in [0, 0.05) is 23.6 Å². The highest BCUT2D eigenvalue weighted by molar-refractivity contribution is 6.06. The molecule has 0 aliphatic carbocycles. The summed E-state index contributed by atoms with van der Waals surface area (Å²) in [4.78, 5) is 23.0. The van der Waals surface area contributed by atoms with E-state index >= 15 is 0 Å². The van der Waals surface area contributed by atoms with Crippen LogP contribution in [-0.2, 0) is 0 Å². The fraction of sp³-hybridized carbons (Fsp3) is 0.111. The third-order valence-electron chi connectivity index (χ3n) is 3.86. The molecule has 1 aromatic heterocycles. The molecule has 0 atom stereocenters. The maximum absolute atomic E-state index is 12.6. The summed E-state index contributed by atoms with van der Waals surface area (Å²) >= 11 is 0. The molecule has 1 heterocycles. The summed E-state index contributed by atoms with van der Waals surface area (Å²) in [7, 11) is 2.95. The number of benzene rings is 2. The highest BCUT2D eigenvalue weighted by atomic mass is 16.6. The van der Waals surface area contributed by atoms with Gasteiger partial charge in [-0.05, 0) is 24.3 Å². The van der Waals surface area contributed by atoms with E-state index in [1.54, 1.807) is 18.2 Å². The van der Waals surface area contributed by atoms with Crippen LogP contribution in [0.15, 0.2) is 46.9 Å². The van der Waals surface area contributed by atoms with Crippen LogP contribution in [0.1, 0.15) is 10.4 Å². The first kappa shape index (κ1) is 17.9. The van der Waals surface area contributed by atoms with E-state index in [0.717, 1.165) is 0 Å². The highest BCUT2D eigenvalue weighted by Gasteiger charge is 2.16. The molecular weight excluding hydrogens is 354 g/mol. The number of amides is 1. The van der Waals surface area contributed by atoms with Crippen LogP contribution in [0.2, 0.25) is 0 Å². The van der Waals surface area contributed by atoms with Crippen LogP contribution in [0.3, 0.4) is 0 Å². The van der Waals surface area contributed by atoms with Gasteiger partial charge in [-0.15, -0.1) is 0 Å². The van der Waals surface area contributed by atoms with Gasteiger partial charge < -0.3 is 19.2 Å². The molecule has 2 N–H and O–H groups in total. The van der Waals surface area contributed by atoms with E-state index in [1.165, 1.54) is 38.5 Å². The maximum atomic E-state index is 12.6. The van der Waals surface area contributed by atoms with Gasteiger partial charge in [0.2, 0.25) is 5.55 Å². The van der Waals surface area contributed by atoms with E-state index in [9.17, 15) is 14.9 Å². The largest absolute Gasteiger partial charge is 0.497 e. The molecule has 0 aliphatic heterocycles. The van der Waals surface area contributed by atoms with Gasteiger partial charge in [0.25, 0.3) is 11.6 Å². The molecule has 3 aromatic rings. The molecule has 0 saturated heterocycles. The van der Waals surface area contributed by atoms with Crippen molar-refractivity contribution in [1.82, 2.24) is 0 Å². The Hall–Kier alpha value is -3.88. The third kappa shape index (κ3) is 3.56. The first-order chi connectivity index (χ1) is 12.9. The molecule has 0 bridgehead atoms. The zero-order valence-corrected chi connectivity index (χ0v) is 14.4. The monoisotopic (exact) mass is 369 g/mol. The topological polar surface area (TPSA) is 128 Å². The number of carbonyl (C=O) groups excluding carboxylic acids is 1. The van der Waals surface area contributed by atoms with Crippen molar-refractivity contribution in [1.29, 1.82) is 5.41 Å². The number of hydrogen-bond donors (Lipinski definition) is 2. The smallest absolute Gasteiger partial charge is 0.270 e. The third-order valence-corrected chi connectivity index (χ3v) is 3.86. The van der Waals surface area contributed by atoms with Gasteiger partial charge in [-0.2, -0.15) is 0 Å². The molecule has 3 rings (SSSR count). The summed E-state index contributed by atoms with van der Waals surface area (Å²) in [6.07, 6.45) is 0. The fourth-order valence-corrected chi connectivity index (χ4v) is 2.51. The Labute approximate surface area is 152 Å². The minimum Gasteiger partial charge on any atom is -0.497 e. The minimum absolute atomic E-state index is 0.0760. The second-order valence-electron chi connectivity index (χ2n) is 5.49. The van der Waals surface area contributed by atoms with Gasteiger partial charge in [-0.3, -0.25) is 20.3 Å². The standard InChI is InChI=1S/C18H15N3O6/c1-25-12-4-6-16(26-2)14(9-12)20-18(22)13-8-10-7-11(21(23)24)3-5-15(10)27-17(13)19/h3-9,19H,1-2H3,(H,20,22). The lowest BCUT2D eigenvalue weighted by Crippen LogP contribution is -2.21. The normalized spacial score (nSPS) is 10.4. The van der Waals surface area contributed by atoms with Crippen molar-refractivity contribution in [2.24, 2.45) is 0 Å². The molecular formula is C18H15N3O6. The number of carbonyl (C=O) groups is 1. The van der Waals surface area contributed by atoms with Crippen LogP contribution < -0.4 is 20.3 Å². The summed E-state index contributed by atoms with van der Waals surface area (Å²) in [5, 5.41) is 21.9. The van der Waals surface area contributed by atoms with Gasteiger partial charge in [-0.1, -0.05) is 0 Å². The molecule has 138 valence electrons. The van der Waals surface area contributed by atoms with Crippen molar-refractivity contribution in [2.75, 3.05) is 19.5 Å². The van der Waals surface area contributed by atoms with Crippen LogP contribution in [0, 0.1) is 15.5 Å². The minimum atomic E-state index is -0.622. The summed E-state index contributed by atoms with van der Waals surface area (Å²) < 4.78 is 15.7. The number of fused-ring (bicyclic) bond motifs is 1. The van der Waals surface area contributed by atoms with E-state index in [4.69, 9.17) is 19.3 Å². The lowest BCUT2D eigenvalue weighted by Gasteiger charge is -2.12. The molecule has 0 aliphatic rings. The van der Waals surface area contributed by atoms with Crippen molar-refractivity contribution in [3.05, 3.63) is 63.7 Å². The maximum Gasteiger partial charge on any atom is 0.270 e. The fourth-order valence-electron chi connectivity index (χ4n) is 2.51. The van der Waals surface area contributed by atoms with Gasteiger partial charge in [0.1, 0.15) is 22.6 Å². The number of nitrogens with zero attached hydrogens (tertiary/aromatic N) is 1. The highest BCUT2D eigenvalue weighted by Crippen LogP contribution is 2.29. The number of anilines is 1. The van der Waals surface area contributed by atoms with E-state index in [2.05, 4.69) is 5.32 Å². The molecule has 0 saturated carbocycles. The number of non-ortho nitro benzene ring substituents is 1. The molecule has 0 fully saturated rings. The summed E-state index contributed by atoms with van der Waals surface area (Å²) in [6, 6.07) is 10.2.